The molecule has 0 spiro atoms. The predicted octanol–water partition coefficient (Wildman–Crippen LogP) is 3.48. The monoisotopic (exact) mass is 337 g/mol. The summed E-state index contributed by atoms with van der Waals surface area (Å²) in [7, 11) is 0. The summed E-state index contributed by atoms with van der Waals surface area (Å²) in [5, 5.41) is 6.76. The van der Waals surface area contributed by atoms with Crippen molar-refractivity contribution in [2.45, 2.75) is 33.6 Å². The molecule has 2 N–H and O–H groups in total. The van der Waals surface area contributed by atoms with Crippen LogP contribution in [0.3, 0.4) is 0 Å². The molecule has 0 heterocycles. The predicted molar refractivity (Wildman–Crippen MR) is 101 cm³/mol. The molecule has 0 aliphatic rings. The van der Waals surface area contributed by atoms with Gasteiger partial charge in [-0.2, -0.15) is 5.10 Å². The highest BCUT2D eigenvalue weighted by Gasteiger charge is 2.08. The third kappa shape index (κ3) is 5.88. The Balaban J connectivity index is 1.77. The maximum absolute atomic E-state index is 12.0. The maximum atomic E-state index is 12.0. The Morgan fingerprint density at radius 2 is 1.68 bits per heavy atom. The van der Waals surface area contributed by atoms with Crippen LogP contribution in [-0.2, 0) is 9.59 Å². The lowest BCUT2D eigenvalue weighted by molar-refractivity contribution is -0.124. The molecule has 0 radical (unpaired) electrons. The number of nitrogens with one attached hydrogen (secondary N) is 2. The van der Waals surface area contributed by atoms with Crippen LogP contribution >= 0.6 is 0 Å². The Kier molecular flexibility index (Phi) is 6.46. The van der Waals surface area contributed by atoms with Gasteiger partial charge in [-0.3, -0.25) is 9.59 Å². The highest BCUT2D eigenvalue weighted by molar-refractivity contribution is 5.94. The molecular weight excluding hydrogens is 314 g/mol. The number of carbonyl (C=O) groups is 2. The van der Waals surface area contributed by atoms with Crippen LogP contribution in [0.1, 0.15) is 35.1 Å². The highest BCUT2D eigenvalue weighted by atomic mass is 16.2. The van der Waals surface area contributed by atoms with Crippen molar-refractivity contribution in [3.8, 4) is 0 Å². The van der Waals surface area contributed by atoms with E-state index in [2.05, 4.69) is 15.8 Å². The minimum absolute atomic E-state index is 0.0852. The molecule has 2 aromatic rings. The fourth-order valence-electron chi connectivity index (χ4n) is 2.35. The largest absolute Gasteiger partial charge is 0.326 e. The number of nitrogens with zero attached hydrogens (tertiary/aromatic N) is 1. The molecule has 5 heteroatoms. The average Bonchev–Trinajstić information content (AvgIpc) is 2.57. The lowest BCUT2D eigenvalue weighted by Crippen LogP contribution is -2.21. The smallest absolute Gasteiger partial charge is 0.240 e. The van der Waals surface area contributed by atoms with E-state index >= 15 is 0 Å². The molecule has 0 bridgehead atoms. The first-order valence-electron chi connectivity index (χ1n) is 8.20. The van der Waals surface area contributed by atoms with Crippen LogP contribution in [0.4, 0.5) is 5.69 Å². The van der Waals surface area contributed by atoms with E-state index in [1.807, 2.05) is 63.2 Å². The molecule has 0 aliphatic heterocycles. The fourth-order valence-corrected chi connectivity index (χ4v) is 2.35. The SMILES string of the molecule is Cc1ccc(NC(=O)CCC(=O)NN=Cc2ccccc2C)c(C)c1. The second kappa shape index (κ2) is 8.78. The third-order valence-corrected chi connectivity index (χ3v) is 3.82. The van der Waals surface area contributed by atoms with E-state index in [1.54, 1.807) is 6.21 Å². The zero-order valence-corrected chi connectivity index (χ0v) is 14.8. The molecular formula is C20H23N3O2. The molecule has 0 unspecified atom stereocenters. The van der Waals surface area contributed by atoms with E-state index in [0.29, 0.717) is 0 Å². The van der Waals surface area contributed by atoms with Gasteiger partial charge in [-0.1, -0.05) is 42.0 Å². The van der Waals surface area contributed by atoms with Crippen LogP contribution in [0, 0.1) is 20.8 Å². The zero-order valence-electron chi connectivity index (χ0n) is 14.8. The topological polar surface area (TPSA) is 70.6 Å². The van der Waals surface area contributed by atoms with Crippen molar-refractivity contribution in [2.24, 2.45) is 5.10 Å². The normalized spacial score (nSPS) is 10.7. The van der Waals surface area contributed by atoms with Crippen LogP contribution in [0.25, 0.3) is 0 Å². The molecule has 0 saturated heterocycles. The molecule has 25 heavy (non-hydrogen) atoms. The van der Waals surface area contributed by atoms with Crippen LogP contribution in [0.5, 0.6) is 0 Å². The number of carbonyl (C=O) groups excluding carboxylic acids is 2. The number of amides is 2. The van der Waals surface area contributed by atoms with Crippen molar-refractivity contribution in [3.05, 3.63) is 64.7 Å². The first-order valence-corrected chi connectivity index (χ1v) is 8.20. The number of benzene rings is 2. The van der Waals surface area contributed by atoms with Crippen LogP contribution in [0.2, 0.25) is 0 Å². The van der Waals surface area contributed by atoms with Crippen molar-refractivity contribution in [1.29, 1.82) is 0 Å². The summed E-state index contributed by atoms with van der Waals surface area (Å²) in [6.45, 7) is 5.91. The zero-order chi connectivity index (χ0) is 18.2. The Morgan fingerprint density at radius 1 is 0.960 bits per heavy atom. The molecule has 130 valence electrons. The third-order valence-electron chi connectivity index (χ3n) is 3.82. The molecule has 2 aromatic carbocycles. The number of hydrazone groups is 1. The summed E-state index contributed by atoms with van der Waals surface area (Å²) in [6.07, 6.45) is 1.80. The minimum Gasteiger partial charge on any atom is -0.326 e. The van der Waals surface area contributed by atoms with E-state index in [0.717, 1.165) is 27.9 Å². The molecule has 0 saturated carbocycles. The number of hydrogen-bond donors (Lipinski definition) is 2. The van der Waals surface area contributed by atoms with E-state index in [1.165, 1.54) is 0 Å². The van der Waals surface area contributed by atoms with Gasteiger partial charge in [0.15, 0.2) is 0 Å². The van der Waals surface area contributed by atoms with E-state index in [9.17, 15) is 9.59 Å². The van der Waals surface area contributed by atoms with Gasteiger partial charge >= 0.3 is 0 Å². The standard InChI is InChI=1S/C20H23N3O2/c1-14-8-9-18(16(3)12-14)22-19(24)10-11-20(25)23-21-13-17-7-5-4-6-15(17)2/h4-9,12-13H,10-11H2,1-3H3,(H,22,24)(H,23,25). The molecule has 0 aromatic heterocycles. The van der Waals surface area contributed by atoms with Gasteiger partial charge in [0.05, 0.1) is 6.21 Å². The number of anilines is 1. The van der Waals surface area contributed by atoms with Gasteiger partial charge in [0.25, 0.3) is 0 Å². The summed E-state index contributed by atoms with van der Waals surface area (Å²) in [5.41, 5.74) is 7.38. The van der Waals surface area contributed by atoms with Crippen LogP contribution in [-0.4, -0.2) is 18.0 Å². The van der Waals surface area contributed by atoms with E-state index < -0.39 is 0 Å². The quantitative estimate of drug-likeness (QED) is 0.626. The Morgan fingerprint density at radius 3 is 2.40 bits per heavy atom. The highest BCUT2D eigenvalue weighted by Crippen LogP contribution is 2.16. The minimum atomic E-state index is -0.291. The van der Waals surface area contributed by atoms with Crippen molar-refractivity contribution in [3.63, 3.8) is 0 Å². The first kappa shape index (κ1) is 18.4. The number of aryl methyl sites for hydroxylation is 3. The Bertz CT molecular complexity index is 797. The van der Waals surface area contributed by atoms with Gasteiger partial charge in [0, 0.05) is 18.5 Å². The average molecular weight is 337 g/mol. The van der Waals surface area contributed by atoms with Gasteiger partial charge < -0.3 is 5.32 Å². The van der Waals surface area contributed by atoms with Gasteiger partial charge in [-0.15, -0.1) is 0 Å². The summed E-state index contributed by atoms with van der Waals surface area (Å²) >= 11 is 0. The van der Waals surface area contributed by atoms with Gasteiger partial charge in [0.2, 0.25) is 11.8 Å². The Labute approximate surface area is 148 Å². The van der Waals surface area contributed by atoms with Crippen molar-refractivity contribution in [2.75, 3.05) is 5.32 Å². The molecule has 2 rings (SSSR count). The second-order valence-electron chi connectivity index (χ2n) is 6.02. The van der Waals surface area contributed by atoms with Crippen molar-refractivity contribution < 1.29 is 9.59 Å². The molecule has 0 aliphatic carbocycles. The Hall–Kier alpha value is -2.95. The number of hydrogen-bond acceptors (Lipinski definition) is 3. The summed E-state index contributed by atoms with van der Waals surface area (Å²) < 4.78 is 0. The van der Waals surface area contributed by atoms with Crippen molar-refractivity contribution in [1.82, 2.24) is 5.43 Å². The fraction of sp³-hybridized carbons (Fsp3) is 0.250. The van der Waals surface area contributed by atoms with Crippen molar-refractivity contribution >= 4 is 23.7 Å². The maximum Gasteiger partial charge on any atom is 0.240 e. The lowest BCUT2D eigenvalue weighted by atomic mass is 10.1. The molecule has 2 amide bonds. The van der Waals surface area contributed by atoms with Gasteiger partial charge in [0.1, 0.15) is 0 Å². The second-order valence-corrected chi connectivity index (χ2v) is 6.02. The molecule has 0 atom stereocenters. The van der Waals surface area contributed by atoms with Gasteiger partial charge in [-0.25, -0.2) is 5.43 Å². The summed E-state index contributed by atoms with van der Waals surface area (Å²) in [6, 6.07) is 13.6. The van der Waals surface area contributed by atoms with Gasteiger partial charge in [-0.05, 0) is 43.5 Å². The summed E-state index contributed by atoms with van der Waals surface area (Å²) in [4.78, 5) is 23.7. The number of rotatable bonds is 6. The van der Waals surface area contributed by atoms with Crippen LogP contribution < -0.4 is 10.7 Å². The van der Waals surface area contributed by atoms with Crippen LogP contribution in [0.15, 0.2) is 47.6 Å². The molecule has 0 fully saturated rings. The van der Waals surface area contributed by atoms with E-state index in [-0.39, 0.29) is 24.7 Å². The molecule has 5 nitrogen and oxygen atoms in total. The lowest BCUT2D eigenvalue weighted by Gasteiger charge is -2.08. The van der Waals surface area contributed by atoms with E-state index in [4.69, 9.17) is 0 Å². The summed E-state index contributed by atoms with van der Waals surface area (Å²) in [5.74, 6) is -0.481. The first-order chi connectivity index (χ1) is 12.0.